The van der Waals surface area contributed by atoms with Gasteiger partial charge in [0, 0.05) is 11.8 Å². The summed E-state index contributed by atoms with van der Waals surface area (Å²) in [6, 6.07) is 6.39. The molecule has 78 valence electrons. The number of hydrogen-bond donors (Lipinski definition) is 1. The Kier molecular flexibility index (Phi) is 1.88. The number of rotatable bonds is 2. The molecule has 1 heterocycles. The van der Waals surface area contributed by atoms with Crippen molar-refractivity contribution in [3.05, 3.63) is 29.5 Å². The van der Waals surface area contributed by atoms with Crippen LogP contribution in [0.5, 0.6) is 0 Å². The van der Waals surface area contributed by atoms with Crippen LogP contribution in [-0.2, 0) is 6.42 Å². The SMILES string of the molecule is Cc1nsc2ccc(CC3(O)CC3)cc12. The predicted octanol–water partition coefficient (Wildman–Crippen LogP) is 2.67. The number of aryl methyl sites for hydroxylation is 1. The van der Waals surface area contributed by atoms with E-state index in [1.54, 1.807) is 11.5 Å². The maximum absolute atomic E-state index is 9.86. The van der Waals surface area contributed by atoms with E-state index in [1.807, 2.05) is 6.92 Å². The van der Waals surface area contributed by atoms with Gasteiger partial charge in [0.15, 0.2) is 0 Å². The molecule has 1 aliphatic carbocycles. The van der Waals surface area contributed by atoms with Gasteiger partial charge in [-0.15, -0.1) is 0 Å². The van der Waals surface area contributed by atoms with Gasteiger partial charge in [0.05, 0.1) is 16.0 Å². The summed E-state index contributed by atoms with van der Waals surface area (Å²) in [6.07, 6.45) is 2.69. The van der Waals surface area contributed by atoms with Gasteiger partial charge in [0.25, 0.3) is 0 Å². The topological polar surface area (TPSA) is 33.1 Å². The minimum atomic E-state index is -0.398. The molecule has 0 spiro atoms. The van der Waals surface area contributed by atoms with Gasteiger partial charge in [0.2, 0.25) is 0 Å². The quantitative estimate of drug-likeness (QED) is 0.842. The fraction of sp³-hybridized carbons (Fsp3) is 0.417. The molecule has 2 aromatic rings. The van der Waals surface area contributed by atoms with E-state index >= 15 is 0 Å². The molecule has 15 heavy (non-hydrogen) atoms. The minimum Gasteiger partial charge on any atom is -0.390 e. The molecule has 0 bridgehead atoms. The first-order chi connectivity index (χ1) is 7.16. The van der Waals surface area contributed by atoms with Gasteiger partial charge in [-0.2, -0.15) is 4.37 Å². The van der Waals surface area contributed by atoms with Crippen LogP contribution in [0.2, 0.25) is 0 Å². The van der Waals surface area contributed by atoms with Crippen molar-refractivity contribution in [2.75, 3.05) is 0 Å². The van der Waals surface area contributed by atoms with Crippen LogP contribution in [0.15, 0.2) is 18.2 Å². The highest BCUT2D eigenvalue weighted by Crippen LogP contribution is 2.38. The molecule has 3 rings (SSSR count). The third-order valence-corrected chi connectivity index (χ3v) is 3.99. The lowest BCUT2D eigenvalue weighted by molar-refractivity contribution is 0.151. The second-order valence-electron chi connectivity index (χ2n) is 4.50. The Morgan fingerprint density at radius 3 is 3.00 bits per heavy atom. The number of aliphatic hydroxyl groups is 1. The van der Waals surface area contributed by atoms with Gasteiger partial charge < -0.3 is 5.11 Å². The average Bonchev–Trinajstić information content (AvgIpc) is 2.82. The van der Waals surface area contributed by atoms with Crippen molar-refractivity contribution in [2.24, 2.45) is 0 Å². The van der Waals surface area contributed by atoms with E-state index in [2.05, 4.69) is 22.6 Å². The molecule has 0 radical (unpaired) electrons. The highest BCUT2D eigenvalue weighted by molar-refractivity contribution is 7.13. The third kappa shape index (κ3) is 1.66. The molecule has 0 unspecified atom stereocenters. The molecular formula is C12H13NOS. The fourth-order valence-corrected chi connectivity index (χ4v) is 2.68. The second kappa shape index (κ2) is 3.03. The van der Waals surface area contributed by atoms with E-state index in [0.717, 1.165) is 25.0 Å². The molecule has 2 nitrogen and oxygen atoms in total. The van der Waals surface area contributed by atoms with E-state index in [1.165, 1.54) is 15.6 Å². The van der Waals surface area contributed by atoms with Gasteiger partial charge in [-0.05, 0) is 49.0 Å². The fourth-order valence-electron chi connectivity index (χ4n) is 1.92. The number of fused-ring (bicyclic) bond motifs is 1. The second-order valence-corrected chi connectivity index (χ2v) is 5.30. The maximum Gasteiger partial charge on any atom is 0.0690 e. The van der Waals surface area contributed by atoms with E-state index < -0.39 is 5.60 Å². The van der Waals surface area contributed by atoms with Crippen molar-refractivity contribution >= 4 is 21.6 Å². The number of hydrogen-bond acceptors (Lipinski definition) is 3. The first-order valence-corrected chi connectivity index (χ1v) is 6.01. The van der Waals surface area contributed by atoms with E-state index in [4.69, 9.17) is 0 Å². The summed E-state index contributed by atoms with van der Waals surface area (Å²) in [5.41, 5.74) is 1.93. The van der Waals surface area contributed by atoms with E-state index in [9.17, 15) is 5.11 Å². The summed E-state index contributed by atoms with van der Waals surface area (Å²) in [5, 5.41) is 11.1. The third-order valence-electron chi connectivity index (χ3n) is 3.08. The Balaban J connectivity index is 2.01. The first-order valence-electron chi connectivity index (χ1n) is 5.24. The number of benzene rings is 1. The summed E-state index contributed by atoms with van der Waals surface area (Å²) in [6.45, 7) is 2.04. The largest absolute Gasteiger partial charge is 0.390 e. The molecule has 1 saturated carbocycles. The predicted molar refractivity (Wildman–Crippen MR) is 62.2 cm³/mol. The normalized spacial score (nSPS) is 18.3. The Morgan fingerprint density at radius 2 is 2.27 bits per heavy atom. The Bertz CT molecular complexity index is 513. The minimum absolute atomic E-state index is 0.398. The van der Waals surface area contributed by atoms with Gasteiger partial charge in [-0.1, -0.05) is 6.07 Å². The van der Waals surface area contributed by atoms with Crippen LogP contribution in [0.1, 0.15) is 24.1 Å². The van der Waals surface area contributed by atoms with Crippen molar-refractivity contribution in [1.29, 1.82) is 0 Å². The van der Waals surface area contributed by atoms with Crippen molar-refractivity contribution in [3.63, 3.8) is 0 Å². The van der Waals surface area contributed by atoms with Crippen LogP contribution < -0.4 is 0 Å². The Labute approximate surface area is 92.7 Å². The van der Waals surface area contributed by atoms with Crippen LogP contribution in [-0.4, -0.2) is 15.1 Å². The molecular weight excluding hydrogens is 206 g/mol. The standard InChI is InChI=1S/C12H13NOS/c1-8-10-6-9(7-12(14)4-5-12)2-3-11(10)15-13-8/h2-3,6,14H,4-5,7H2,1H3. The number of aromatic nitrogens is 1. The van der Waals surface area contributed by atoms with Crippen molar-refractivity contribution in [2.45, 2.75) is 31.8 Å². The van der Waals surface area contributed by atoms with Gasteiger partial charge in [-0.25, -0.2) is 0 Å². The van der Waals surface area contributed by atoms with Crippen LogP contribution in [0.4, 0.5) is 0 Å². The monoisotopic (exact) mass is 219 g/mol. The van der Waals surface area contributed by atoms with Crippen LogP contribution in [0.25, 0.3) is 10.1 Å². The zero-order valence-electron chi connectivity index (χ0n) is 8.66. The molecule has 0 aliphatic heterocycles. The molecule has 1 aromatic carbocycles. The van der Waals surface area contributed by atoms with Gasteiger partial charge in [-0.3, -0.25) is 0 Å². The van der Waals surface area contributed by atoms with Crippen LogP contribution >= 0.6 is 11.5 Å². The molecule has 1 aliphatic rings. The first kappa shape index (κ1) is 9.31. The van der Waals surface area contributed by atoms with Crippen molar-refractivity contribution in [3.8, 4) is 0 Å². The number of nitrogens with zero attached hydrogens (tertiary/aromatic N) is 1. The van der Waals surface area contributed by atoms with E-state index in [0.29, 0.717) is 0 Å². The van der Waals surface area contributed by atoms with Crippen molar-refractivity contribution in [1.82, 2.24) is 4.37 Å². The smallest absolute Gasteiger partial charge is 0.0690 e. The maximum atomic E-state index is 9.86. The summed E-state index contributed by atoms with van der Waals surface area (Å²) in [4.78, 5) is 0. The average molecular weight is 219 g/mol. The zero-order valence-corrected chi connectivity index (χ0v) is 9.47. The molecule has 0 saturated heterocycles. The highest BCUT2D eigenvalue weighted by atomic mass is 32.1. The lowest BCUT2D eigenvalue weighted by Gasteiger charge is -2.07. The highest BCUT2D eigenvalue weighted by Gasteiger charge is 2.40. The summed E-state index contributed by atoms with van der Waals surface area (Å²) >= 11 is 1.54. The Hall–Kier alpha value is -0.930. The Morgan fingerprint density at radius 1 is 1.47 bits per heavy atom. The van der Waals surface area contributed by atoms with Crippen LogP contribution in [0.3, 0.4) is 0 Å². The van der Waals surface area contributed by atoms with Gasteiger partial charge >= 0.3 is 0 Å². The lowest BCUT2D eigenvalue weighted by atomic mass is 10.0. The molecule has 0 atom stereocenters. The summed E-state index contributed by atoms with van der Waals surface area (Å²) < 4.78 is 5.56. The van der Waals surface area contributed by atoms with E-state index in [-0.39, 0.29) is 0 Å². The zero-order chi connectivity index (χ0) is 10.5. The van der Waals surface area contributed by atoms with Gasteiger partial charge in [0.1, 0.15) is 0 Å². The molecule has 1 N–H and O–H groups in total. The summed E-state index contributed by atoms with van der Waals surface area (Å²) in [5.74, 6) is 0. The lowest BCUT2D eigenvalue weighted by Crippen LogP contribution is -2.10. The molecule has 3 heteroatoms. The molecule has 1 aromatic heterocycles. The molecule has 0 amide bonds. The van der Waals surface area contributed by atoms with Crippen LogP contribution in [0, 0.1) is 6.92 Å². The summed E-state index contributed by atoms with van der Waals surface area (Å²) in [7, 11) is 0. The van der Waals surface area contributed by atoms with Crippen molar-refractivity contribution < 1.29 is 5.11 Å². The molecule has 1 fully saturated rings.